The highest BCUT2D eigenvalue weighted by Gasteiger charge is 2.33. The molecule has 2 rings (SSSR count). The van der Waals surface area contributed by atoms with Crippen LogP contribution in [0.2, 0.25) is 0 Å². The first kappa shape index (κ1) is 10.1. The molecule has 3 N–H and O–H groups in total. The first-order chi connectivity index (χ1) is 7.19. The molecule has 1 amide bonds. The Labute approximate surface area is 87.8 Å². The maximum Gasteiger partial charge on any atom is 0.242 e. The van der Waals surface area contributed by atoms with Gasteiger partial charge in [0.25, 0.3) is 0 Å². The van der Waals surface area contributed by atoms with E-state index in [-0.39, 0.29) is 12.5 Å². The minimum Gasteiger partial charge on any atom is -0.351 e. The Morgan fingerprint density at radius 2 is 2.53 bits per heavy atom. The van der Waals surface area contributed by atoms with Crippen LogP contribution in [-0.2, 0) is 17.9 Å². The molecular formula is C9H15N5O. The van der Waals surface area contributed by atoms with E-state index in [0.717, 1.165) is 6.42 Å². The molecule has 6 nitrogen and oxygen atoms in total. The van der Waals surface area contributed by atoms with Gasteiger partial charge in [0, 0.05) is 12.6 Å². The minimum atomic E-state index is -0.0159. The summed E-state index contributed by atoms with van der Waals surface area (Å²) in [6, 6.07) is 0.356. The summed E-state index contributed by atoms with van der Waals surface area (Å²) in [5.41, 5.74) is 6.08. The first-order valence-electron chi connectivity index (χ1n) is 5.07. The van der Waals surface area contributed by atoms with Gasteiger partial charge in [-0.05, 0) is 12.3 Å². The highest BCUT2D eigenvalue weighted by Crippen LogP contribution is 2.28. The molecule has 1 aliphatic rings. The third-order valence-corrected chi connectivity index (χ3v) is 2.56. The number of hydrogen-bond acceptors (Lipinski definition) is 4. The zero-order chi connectivity index (χ0) is 10.8. The van der Waals surface area contributed by atoms with Crippen LogP contribution in [0.3, 0.4) is 0 Å². The zero-order valence-electron chi connectivity index (χ0n) is 8.68. The van der Waals surface area contributed by atoms with Crippen LogP contribution < -0.4 is 11.1 Å². The van der Waals surface area contributed by atoms with E-state index in [0.29, 0.717) is 24.2 Å². The van der Waals surface area contributed by atoms with Crippen molar-refractivity contribution < 1.29 is 4.79 Å². The van der Waals surface area contributed by atoms with Gasteiger partial charge in [0.05, 0.1) is 11.9 Å². The van der Waals surface area contributed by atoms with E-state index in [9.17, 15) is 4.79 Å². The van der Waals surface area contributed by atoms with Crippen molar-refractivity contribution >= 4 is 5.91 Å². The van der Waals surface area contributed by atoms with Gasteiger partial charge in [-0.2, -0.15) is 0 Å². The van der Waals surface area contributed by atoms with Crippen LogP contribution in [0.25, 0.3) is 0 Å². The molecule has 2 atom stereocenters. The highest BCUT2D eigenvalue weighted by atomic mass is 16.2. The van der Waals surface area contributed by atoms with Gasteiger partial charge in [-0.15, -0.1) is 5.10 Å². The Morgan fingerprint density at radius 1 is 1.80 bits per heavy atom. The summed E-state index contributed by atoms with van der Waals surface area (Å²) in [5, 5.41) is 10.5. The highest BCUT2D eigenvalue weighted by molar-refractivity contribution is 5.76. The van der Waals surface area contributed by atoms with Crippen molar-refractivity contribution in [1.82, 2.24) is 20.3 Å². The molecule has 1 heterocycles. The number of carbonyl (C=O) groups is 1. The lowest BCUT2D eigenvalue weighted by Crippen LogP contribution is -2.30. The second kappa shape index (κ2) is 3.98. The summed E-state index contributed by atoms with van der Waals surface area (Å²) in [5.74, 6) is 0.599. The number of rotatable bonds is 4. The Kier molecular flexibility index (Phi) is 2.68. The fourth-order valence-corrected chi connectivity index (χ4v) is 1.43. The zero-order valence-corrected chi connectivity index (χ0v) is 8.68. The molecule has 1 saturated carbocycles. The number of aromatic nitrogens is 3. The Bertz CT molecular complexity index is 361. The van der Waals surface area contributed by atoms with Crippen LogP contribution in [0, 0.1) is 5.92 Å². The lowest BCUT2D eigenvalue weighted by Gasteiger charge is -2.02. The van der Waals surface area contributed by atoms with E-state index in [2.05, 4.69) is 22.6 Å². The van der Waals surface area contributed by atoms with Gasteiger partial charge >= 0.3 is 0 Å². The number of amides is 1. The molecule has 0 saturated heterocycles. The monoisotopic (exact) mass is 209 g/mol. The molecule has 1 fully saturated rings. The molecule has 2 unspecified atom stereocenters. The maximum atomic E-state index is 11.5. The predicted octanol–water partition coefficient (Wildman–Crippen LogP) is -0.739. The van der Waals surface area contributed by atoms with E-state index in [1.807, 2.05) is 0 Å². The van der Waals surface area contributed by atoms with Crippen LogP contribution in [-0.4, -0.2) is 26.9 Å². The Morgan fingerprint density at radius 3 is 3.07 bits per heavy atom. The molecule has 1 aromatic rings. The molecule has 6 heteroatoms. The van der Waals surface area contributed by atoms with Crippen LogP contribution in [0.1, 0.15) is 19.0 Å². The van der Waals surface area contributed by atoms with Gasteiger partial charge < -0.3 is 11.1 Å². The van der Waals surface area contributed by atoms with Crippen molar-refractivity contribution in [2.24, 2.45) is 11.7 Å². The number of nitrogens with zero attached hydrogens (tertiary/aromatic N) is 3. The van der Waals surface area contributed by atoms with Crippen LogP contribution in [0.5, 0.6) is 0 Å². The smallest absolute Gasteiger partial charge is 0.242 e. The van der Waals surface area contributed by atoms with Gasteiger partial charge in [-0.3, -0.25) is 4.79 Å². The summed E-state index contributed by atoms with van der Waals surface area (Å²) in [6.45, 7) is 2.68. The Balaban J connectivity index is 1.82. The number of carbonyl (C=O) groups excluding carboxylic acids is 1. The summed E-state index contributed by atoms with van der Waals surface area (Å²) in [4.78, 5) is 11.5. The normalized spacial score (nSPS) is 23.9. The van der Waals surface area contributed by atoms with Crippen molar-refractivity contribution in [2.45, 2.75) is 32.5 Å². The molecule has 0 radical (unpaired) electrons. The molecule has 15 heavy (non-hydrogen) atoms. The average molecular weight is 209 g/mol. The van der Waals surface area contributed by atoms with Gasteiger partial charge in [0.2, 0.25) is 5.91 Å². The fraction of sp³-hybridized carbons (Fsp3) is 0.667. The molecule has 1 aromatic heterocycles. The van der Waals surface area contributed by atoms with Gasteiger partial charge in [0.1, 0.15) is 6.54 Å². The second-order valence-electron chi connectivity index (χ2n) is 4.00. The second-order valence-corrected chi connectivity index (χ2v) is 4.00. The minimum absolute atomic E-state index is 0.0159. The lowest BCUT2D eigenvalue weighted by atomic mass is 10.4. The van der Waals surface area contributed by atoms with E-state index in [1.54, 1.807) is 6.20 Å². The number of hydrogen-bond donors (Lipinski definition) is 2. The summed E-state index contributed by atoms with van der Waals surface area (Å²) in [6.07, 6.45) is 2.77. The van der Waals surface area contributed by atoms with Crippen molar-refractivity contribution in [3.8, 4) is 0 Å². The Hall–Kier alpha value is -1.43. The van der Waals surface area contributed by atoms with Crippen molar-refractivity contribution in [3.63, 3.8) is 0 Å². The molecule has 0 aliphatic heterocycles. The molecule has 0 bridgehead atoms. The van der Waals surface area contributed by atoms with Crippen molar-refractivity contribution in [2.75, 3.05) is 0 Å². The van der Waals surface area contributed by atoms with Crippen LogP contribution >= 0.6 is 0 Å². The average Bonchev–Trinajstić information content (AvgIpc) is 2.72. The van der Waals surface area contributed by atoms with E-state index in [1.165, 1.54) is 4.68 Å². The summed E-state index contributed by atoms with van der Waals surface area (Å²) in [7, 11) is 0. The van der Waals surface area contributed by atoms with Crippen LogP contribution in [0.15, 0.2) is 6.20 Å². The van der Waals surface area contributed by atoms with E-state index < -0.39 is 0 Å². The number of nitrogens with two attached hydrogens (primary N) is 1. The fourth-order valence-electron chi connectivity index (χ4n) is 1.43. The SMILES string of the molecule is CC1CC1NC(=O)Cn1cc(CN)nn1. The number of nitrogens with one attached hydrogen (secondary N) is 1. The molecule has 0 aromatic carbocycles. The quantitative estimate of drug-likeness (QED) is 0.684. The van der Waals surface area contributed by atoms with Gasteiger partial charge in [-0.25, -0.2) is 4.68 Å². The van der Waals surface area contributed by atoms with Crippen molar-refractivity contribution in [3.05, 3.63) is 11.9 Å². The molecule has 1 aliphatic carbocycles. The molecular weight excluding hydrogens is 194 g/mol. The third kappa shape index (κ3) is 2.53. The van der Waals surface area contributed by atoms with E-state index in [4.69, 9.17) is 5.73 Å². The maximum absolute atomic E-state index is 11.5. The van der Waals surface area contributed by atoms with Crippen LogP contribution in [0.4, 0.5) is 0 Å². The van der Waals surface area contributed by atoms with Crippen molar-refractivity contribution in [1.29, 1.82) is 0 Å². The predicted molar refractivity (Wildman–Crippen MR) is 53.6 cm³/mol. The topological polar surface area (TPSA) is 85.8 Å². The summed E-state index contributed by atoms with van der Waals surface area (Å²) >= 11 is 0. The van der Waals surface area contributed by atoms with E-state index >= 15 is 0 Å². The van der Waals surface area contributed by atoms with Gasteiger partial charge in [-0.1, -0.05) is 12.1 Å². The third-order valence-electron chi connectivity index (χ3n) is 2.56. The molecule has 0 spiro atoms. The largest absolute Gasteiger partial charge is 0.351 e. The van der Waals surface area contributed by atoms with Gasteiger partial charge in [0.15, 0.2) is 0 Å². The summed E-state index contributed by atoms with van der Waals surface area (Å²) < 4.78 is 1.50. The lowest BCUT2D eigenvalue weighted by molar-refractivity contribution is -0.122. The molecule has 82 valence electrons. The first-order valence-corrected chi connectivity index (χ1v) is 5.07. The standard InChI is InChI=1S/C9H15N5O/c1-6-2-8(6)11-9(15)5-14-4-7(3-10)12-13-14/h4,6,8H,2-3,5,10H2,1H3,(H,11,15).